The van der Waals surface area contributed by atoms with Crippen LogP contribution >= 0.6 is 11.6 Å². The van der Waals surface area contributed by atoms with Gasteiger partial charge in [0.15, 0.2) is 0 Å². The molecule has 15 heavy (non-hydrogen) atoms. The minimum atomic E-state index is 0.163. The first-order chi connectivity index (χ1) is 7.20. The van der Waals surface area contributed by atoms with E-state index >= 15 is 0 Å². The van der Waals surface area contributed by atoms with Crippen LogP contribution in [-0.2, 0) is 0 Å². The van der Waals surface area contributed by atoms with Crippen LogP contribution in [0, 0.1) is 18.3 Å². The number of halogens is 1. The molecule has 0 aliphatic heterocycles. The number of hydrogen-bond acceptors (Lipinski definition) is 3. The van der Waals surface area contributed by atoms with Gasteiger partial charge in [-0.15, -0.1) is 0 Å². The third-order valence-corrected chi connectivity index (χ3v) is 2.64. The van der Waals surface area contributed by atoms with E-state index in [1.165, 1.54) is 0 Å². The van der Waals surface area contributed by atoms with E-state index in [1.807, 2.05) is 19.1 Å². The van der Waals surface area contributed by atoms with Crippen molar-refractivity contribution in [3.05, 3.63) is 28.3 Å². The summed E-state index contributed by atoms with van der Waals surface area (Å²) in [5.41, 5.74) is 2.27. The van der Waals surface area contributed by atoms with Crippen molar-refractivity contribution in [3.63, 3.8) is 0 Å². The molecule has 80 valence electrons. The number of nitrogens with one attached hydrogen (secondary N) is 1. The Kier molecular flexibility index (Phi) is 4.41. The van der Waals surface area contributed by atoms with E-state index in [9.17, 15) is 0 Å². The molecule has 0 atom stereocenters. The van der Waals surface area contributed by atoms with Crippen molar-refractivity contribution in [2.75, 3.05) is 18.5 Å². The molecule has 0 aromatic heterocycles. The first-order valence-corrected chi connectivity index (χ1v) is 5.12. The van der Waals surface area contributed by atoms with E-state index in [0.29, 0.717) is 23.6 Å². The lowest BCUT2D eigenvalue weighted by Crippen LogP contribution is -2.05. The molecule has 0 amide bonds. The molecule has 2 N–H and O–H groups in total. The molecular formula is C11H13ClN2O. The molecule has 0 radical (unpaired) electrons. The third-order valence-electron chi connectivity index (χ3n) is 2.16. The lowest BCUT2D eigenvalue weighted by Gasteiger charge is -2.10. The molecule has 0 fully saturated rings. The van der Waals surface area contributed by atoms with Crippen LogP contribution in [0.1, 0.15) is 17.5 Å². The third kappa shape index (κ3) is 2.85. The zero-order chi connectivity index (χ0) is 11.3. The molecule has 0 heterocycles. The summed E-state index contributed by atoms with van der Waals surface area (Å²) in [6.45, 7) is 2.72. The van der Waals surface area contributed by atoms with Gasteiger partial charge >= 0.3 is 0 Å². The van der Waals surface area contributed by atoms with Gasteiger partial charge in [0.25, 0.3) is 0 Å². The molecular weight excluding hydrogens is 212 g/mol. The number of nitriles is 1. The smallest absolute Gasteiger partial charge is 0.101 e. The van der Waals surface area contributed by atoms with Gasteiger partial charge in [0, 0.05) is 18.8 Å². The van der Waals surface area contributed by atoms with Crippen LogP contribution in [0.4, 0.5) is 5.69 Å². The van der Waals surface area contributed by atoms with Gasteiger partial charge in [0.2, 0.25) is 0 Å². The van der Waals surface area contributed by atoms with Gasteiger partial charge < -0.3 is 10.4 Å². The minimum absolute atomic E-state index is 0.163. The highest BCUT2D eigenvalue weighted by molar-refractivity contribution is 6.32. The molecule has 0 unspecified atom stereocenters. The van der Waals surface area contributed by atoms with E-state index in [1.54, 1.807) is 6.07 Å². The quantitative estimate of drug-likeness (QED) is 0.772. The van der Waals surface area contributed by atoms with E-state index in [-0.39, 0.29) is 6.61 Å². The molecule has 1 aromatic rings. The Morgan fingerprint density at radius 3 is 2.87 bits per heavy atom. The Labute approximate surface area is 94.3 Å². The van der Waals surface area contributed by atoms with Crippen LogP contribution in [0.3, 0.4) is 0 Å². The number of anilines is 1. The summed E-state index contributed by atoms with van der Waals surface area (Å²) in [5, 5.41) is 21.0. The Morgan fingerprint density at radius 1 is 1.53 bits per heavy atom. The Bertz CT molecular complexity index is 385. The number of aliphatic hydroxyl groups excluding tert-OH is 1. The van der Waals surface area contributed by atoms with Gasteiger partial charge in [-0.3, -0.25) is 0 Å². The van der Waals surface area contributed by atoms with Gasteiger partial charge in [0.1, 0.15) is 6.07 Å². The van der Waals surface area contributed by atoms with Crippen LogP contribution in [-0.4, -0.2) is 18.3 Å². The minimum Gasteiger partial charge on any atom is -0.396 e. The molecule has 0 spiro atoms. The second-order valence-corrected chi connectivity index (χ2v) is 3.59. The van der Waals surface area contributed by atoms with Crippen molar-refractivity contribution >= 4 is 17.3 Å². The van der Waals surface area contributed by atoms with Crippen molar-refractivity contribution < 1.29 is 5.11 Å². The fourth-order valence-corrected chi connectivity index (χ4v) is 1.47. The summed E-state index contributed by atoms with van der Waals surface area (Å²) < 4.78 is 0. The first-order valence-electron chi connectivity index (χ1n) is 4.74. The standard InChI is InChI=1S/C11H13ClN2O/c1-8-10(14-5-2-6-15)4-3-9(7-13)11(8)12/h3-4,14-15H,2,5-6H2,1H3. The second kappa shape index (κ2) is 5.59. The Morgan fingerprint density at radius 2 is 2.27 bits per heavy atom. The van der Waals surface area contributed by atoms with Crippen LogP contribution < -0.4 is 5.32 Å². The Hall–Kier alpha value is -1.24. The van der Waals surface area contributed by atoms with Gasteiger partial charge in [0.05, 0.1) is 10.6 Å². The maximum absolute atomic E-state index is 8.76. The fraction of sp³-hybridized carbons (Fsp3) is 0.364. The first kappa shape index (κ1) is 11.8. The summed E-state index contributed by atoms with van der Waals surface area (Å²) in [6, 6.07) is 5.55. The molecule has 1 rings (SSSR count). The average Bonchev–Trinajstić information content (AvgIpc) is 2.25. The monoisotopic (exact) mass is 224 g/mol. The summed E-state index contributed by atoms with van der Waals surface area (Å²) in [7, 11) is 0. The molecule has 0 saturated carbocycles. The highest BCUT2D eigenvalue weighted by Crippen LogP contribution is 2.26. The molecule has 4 heteroatoms. The molecule has 0 bridgehead atoms. The van der Waals surface area contributed by atoms with Crippen LogP contribution in [0.5, 0.6) is 0 Å². The van der Waals surface area contributed by atoms with Crippen molar-refractivity contribution in [1.82, 2.24) is 0 Å². The predicted octanol–water partition coefficient (Wildman–Crippen LogP) is 2.31. The summed E-state index contributed by atoms with van der Waals surface area (Å²) in [5.74, 6) is 0. The number of aliphatic hydroxyl groups is 1. The Balaban J connectivity index is 2.83. The second-order valence-electron chi connectivity index (χ2n) is 3.22. The molecule has 0 saturated heterocycles. The van der Waals surface area contributed by atoms with Crippen molar-refractivity contribution in [2.24, 2.45) is 0 Å². The summed E-state index contributed by atoms with van der Waals surface area (Å²) in [6.07, 6.45) is 0.692. The zero-order valence-electron chi connectivity index (χ0n) is 8.55. The van der Waals surface area contributed by atoms with Crippen molar-refractivity contribution in [3.8, 4) is 6.07 Å². The SMILES string of the molecule is Cc1c(NCCCO)ccc(C#N)c1Cl. The fourth-order valence-electron chi connectivity index (χ4n) is 1.27. The topological polar surface area (TPSA) is 56.0 Å². The highest BCUT2D eigenvalue weighted by atomic mass is 35.5. The average molecular weight is 225 g/mol. The van der Waals surface area contributed by atoms with Gasteiger partial charge in [-0.1, -0.05) is 11.6 Å². The molecule has 1 aromatic carbocycles. The maximum atomic E-state index is 8.76. The highest BCUT2D eigenvalue weighted by Gasteiger charge is 2.06. The van der Waals surface area contributed by atoms with Crippen molar-refractivity contribution in [2.45, 2.75) is 13.3 Å². The lowest BCUT2D eigenvalue weighted by molar-refractivity contribution is 0.292. The number of nitrogens with zero attached hydrogens (tertiary/aromatic N) is 1. The van der Waals surface area contributed by atoms with E-state index in [2.05, 4.69) is 5.32 Å². The summed E-state index contributed by atoms with van der Waals surface area (Å²) >= 11 is 6.00. The van der Waals surface area contributed by atoms with Crippen molar-refractivity contribution in [1.29, 1.82) is 5.26 Å². The zero-order valence-corrected chi connectivity index (χ0v) is 9.30. The van der Waals surface area contributed by atoms with E-state index in [4.69, 9.17) is 22.0 Å². The van der Waals surface area contributed by atoms with Gasteiger partial charge in [-0.25, -0.2) is 0 Å². The molecule has 0 aliphatic carbocycles. The lowest BCUT2D eigenvalue weighted by atomic mass is 10.1. The largest absolute Gasteiger partial charge is 0.396 e. The summed E-state index contributed by atoms with van der Waals surface area (Å²) in [4.78, 5) is 0. The predicted molar refractivity (Wildman–Crippen MR) is 61.1 cm³/mol. The van der Waals surface area contributed by atoms with Crippen LogP contribution in [0.2, 0.25) is 5.02 Å². The van der Waals surface area contributed by atoms with Gasteiger partial charge in [-0.05, 0) is 31.0 Å². The molecule has 0 aliphatic rings. The van der Waals surface area contributed by atoms with Gasteiger partial charge in [-0.2, -0.15) is 5.26 Å². The number of hydrogen-bond donors (Lipinski definition) is 2. The number of benzene rings is 1. The maximum Gasteiger partial charge on any atom is 0.101 e. The van der Waals surface area contributed by atoms with Crippen LogP contribution in [0.25, 0.3) is 0 Å². The van der Waals surface area contributed by atoms with E-state index < -0.39 is 0 Å². The normalized spacial score (nSPS) is 9.73. The molecule has 3 nitrogen and oxygen atoms in total. The number of rotatable bonds is 4. The van der Waals surface area contributed by atoms with E-state index in [0.717, 1.165) is 11.3 Å². The van der Waals surface area contributed by atoms with Crippen LogP contribution in [0.15, 0.2) is 12.1 Å².